The third kappa shape index (κ3) is 2.98. The molecule has 1 aliphatic heterocycles. The van der Waals surface area contributed by atoms with Gasteiger partial charge in [-0.3, -0.25) is 4.79 Å². The predicted molar refractivity (Wildman–Crippen MR) is 76.9 cm³/mol. The topological polar surface area (TPSA) is 67.5 Å². The number of halogens is 3. The minimum atomic E-state index is -4.53. The van der Waals surface area contributed by atoms with Crippen molar-refractivity contribution < 1.29 is 18.0 Å². The van der Waals surface area contributed by atoms with Gasteiger partial charge in [0.1, 0.15) is 6.04 Å². The summed E-state index contributed by atoms with van der Waals surface area (Å²) in [5.74, 6) is -0.268. The van der Waals surface area contributed by atoms with Crippen LogP contribution in [0.1, 0.15) is 37.4 Å². The standard InChI is InChI=1S/C15H16F3N3O/c1-3-11(22)12-8(2)20-14(19)21-13(12)9-6-4-5-7-10(9)15(16,17)18/h4-7,13H,3H2,1-2H3,(H3,19,20,21). The van der Waals surface area contributed by atoms with Crippen molar-refractivity contribution in [2.24, 2.45) is 10.7 Å². The van der Waals surface area contributed by atoms with Crippen molar-refractivity contribution in [1.82, 2.24) is 5.32 Å². The number of carbonyl (C=O) groups is 1. The first-order valence-electron chi connectivity index (χ1n) is 6.76. The lowest BCUT2D eigenvalue weighted by Crippen LogP contribution is -2.37. The van der Waals surface area contributed by atoms with Gasteiger partial charge in [0.25, 0.3) is 0 Å². The number of guanidine groups is 1. The number of hydrogen-bond donors (Lipinski definition) is 2. The molecule has 0 bridgehead atoms. The monoisotopic (exact) mass is 311 g/mol. The summed E-state index contributed by atoms with van der Waals surface area (Å²) in [6, 6.07) is 4.05. The second kappa shape index (κ2) is 5.82. The van der Waals surface area contributed by atoms with Crippen molar-refractivity contribution in [3.63, 3.8) is 0 Å². The molecule has 1 aliphatic rings. The predicted octanol–water partition coefficient (Wildman–Crippen LogP) is 2.92. The largest absolute Gasteiger partial charge is 0.416 e. The average Bonchev–Trinajstić information content (AvgIpc) is 2.45. The summed E-state index contributed by atoms with van der Waals surface area (Å²) in [5, 5.41) is 2.71. The van der Waals surface area contributed by atoms with Crippen LogP contribution in [-0.4, -0.2) is 11.7 Å². The number of rotatable bonds is 3. The summed E-state index contributed by atoms with van der Waals surface area (Å²) in [6.07, 6.45) is -4.35. The molecule has 1 aromatic rings. The molecule has 22 heavy (non-hydrogen) atoms. The Hall–Kier alpha value is -2.31. The third-order valence-corrected chi connectivity index (χ3v) is 3.44. The zero-order chi connectivity index (χ0) is 16.5. The molecule has 0 aromatic heterocycles. The maximum atomic E-state index is 13.2. The molecule has 0 aliphatic carbocycles. The first-order chi connectivity index (χ1) is 10.3. The van der Waals surface area contributed by atoms with Gasteiger partial charge < -0.3 is 11.1 Å². The Balaban J connectivity index is 2.63. The van der Waals surface area contributed by atoms with Gasteiger partial charge in [-0.1, -0.05) is 25.1 Å². The van der Waals surface area contributed by atoms with Crippen molar-refractivity contribution >= 4 is 11.7 Å². The highest BCUT2D eigenvalue weighted by molar-refractivity contribution is 5.99. The zero-order valence-corrected chi connectivity index (χ0v) is 12.2. The normalized spacial score (nSPS) is 18.8. The van der Waals surface area contributed by atoms with E-state index in [-0.39, 0.29) is 29.3 Å². The second-order valence-electron chi connectivity index (χ2n) is 4.94. The molecule has 7 heteroatoms. The molecule has 3 N–H and O–H groups in total. The van der Waals surface area contributed by atoms with Crippen molar-refractivity contribution in [3.05, 3.63) is 46.7 Å². The molecule has 0 saturated carbocycles. The highest BCUT2D eigenvalue weighted by Gasteiger charge is 2.38. The number of allylic oxidation sites excluding steroid dienone is 1. The van der Waals surface area contributed by atoms with Crippen molar-refractivity contribution in [2.75, 3.05) is 0 Å². The molecule has 0 radical (unpaired) electrons. The maximum Gasteiger partial charge on any atom is 0.416 e. The number of Topliss-reactive ketones (excluding diaryl/α,β-unsaturated/α-hetero) is 1. The molecule has 2 rings (SSSR count). The molecular formula is C15H16F3N3O. The minimum absolute atomic E-state index is 0.00729. The Labute approximate surface area is 125 Å². The van der Waals surface area contributed by atoms with Gasteiger partial charge in [-0.25, -0.2) is 4.99 Å². The van der Waals surface area contributed by atoms with E-state index in [2.05, 4.69) is 10.3 Å². The van der Waals surface area contributed by atoms with Crippen molar-refractivity contribution in [3.8, 4) is 0 Å². The van der Waals surface area contributed by atoms with Gasteiger partial charge in [0.05, 0.1) is 5.56 Å². The van der Waals surface area contributed by atoms with Crippen LogP contribution in [0, 0.1) is 0 Å². The average molecular weight is 311 g/mol. The summed E-state index contributed by atoms with van der Waals surface area (Å²) in [7, 11) is 0. The Morgan fingerprint density at radius 2 is 2.00 bits per heavy atom. The molecule has 1 unspecified atom stereocenters. The molecule has 118 valence electrons. The van der Waals surface area contributed by atoms with Gasteiger partial charge in [0.2, 0.25) is 0 Å². The van der Waals surface area contributed by atoms with Gasteiger partial charge in [-0.2, -0.15) is 13.2 Å². The summed E-state index contributed by atoms with van der Waals surface area (Å²) in [4.78, 5) is 16.2. The van der Waals surface area contributed by atoms with E-state index in [9.17, 15) is 18.0 Å². The number of aliphatic imine (C=N–C) groups is 1. The summed E-state index contributed by atoms with van der Waals surface area (Å²) >= 11 is 0. The van der Waals surface area contributed by atoms with Gasteiger partial charge >= 0.3 is 6.18 Å². The molecular weight excluding hydrogens is 295 g/mol. The number of carbonyl (C=O) groups excluding carboxylic acids is 1. The van der Waals surface area contributed by atoms with E-state index in [0.717, 1.165) is 6.07 Å². The molecule has 4 nitrogen and oxygen atoms in total. The Morgan fingerprint density at radius 1 is 1.36 bits per heavy atom. The number of benzene rings is 1. The molecule has 0 spiro atoms. The van der Waals surface area contributed by atoms with E-state index in [1.807, 2.05) is 0 Å². The van der Waals surface area contributed by atoms with Crippen LogP contribution in [0.5, 0.6) is 0 Å². The van der Waals surface area contributed by atoms with E-state index in [1.54, 1.807) is 13.8 Å². The first kappa shape index (κ1) is 16.1. The van der Waals surface area contributed by atoms with Gasteiger partial charge in [-0.15, -0.1) is 0 Å². The third-order valence-electron chi connectivity index (χ3n) is 3.44. The number of hydrogen-bond acceptors (Lipinski definition) is 4. The van der Waals surface area contributed by atoms with E-state index in [1.165, 1.54) is 18.2 Å². The number of alkyl halides is 3. The zero-order valence-electron chi connectivity index (χ0n) is 12.2. The van der Waals surface area contributed by atoms with E-state index in [4.69, 9.17) is 5.73 Å². The number of nitrogens with zero attached hydrogens (tertiary/aromatic N) is 1. The number of nitrogens with two attached hydrogens (primary N) is 1. The summed E-state index contributed by atoms with van der Waals surface area (Å²) in [6.45, 7) is 3.25. The first-order valence-corrected chi connectivity index (χ1v) is 6.76. The fraction of sp³-hybridized carbons (Fsp3) is 0.333. The summed E-state index contributed by atoms with van der Waals surface area (Å²) in [5.41, 5.74) is 5.39. The maximum absolute atomic E-state index is 13.2. The second-order valence-corrected chi connectivity index (χ2v) is 4.94. The van der Waals surface area contributed by atoms with Crippen LogP contribution >= 0.6 is 0 Å². The van der Waals surface area contributed by atoms with Crippen LogP contribution in [0.2, 0.25) is 0 Å². The molecule has 0 amide bonds. The molecule has 1 atom stereocenters. The number of ketones is 1. The minimum Gasteiger partial charge on any atom is -0.370 e. The fourth-order valence-corrected chi connectivity index (χ4v) is 2.47. The molecule has 1 aromatic carbocycles. The molecule has 0 saturated heterocycles. The SMILES string of the molecule is CCC(=O)C1=C(C)NC(N)=NC1c1ccccc1C(F)(F)F. The van der Waals surface area contributed by atoms with Crippen molar-refractivity contribution in [2.45, 2.75) is 32.5 Å². The lowest BCUT2D eigenvalue weighted by Gasteiger charge is -2.26. The van der Waals surface area contributed by atoms with Gasteiger partial charge in [0, 0.05) is 17.7 Å². The van der Waals surface area contributed by atoms with Crippen LogP contribution in [0.3, 0.4) is 0 Å². The van der Waals surface area contributed by atoms with Gasteiger partial charge in [0.15, 0.2) is 11.7 Å². The Bertz CT molecular complexity index is 662. The van der Waals surface area contributed by atoms with Crippen LogP contribution in [0.15, 0.2) is 40.5 Å². The Kier molecular flexibility index (Phi) is 4.25. The van der Waals surface area contributed by atoms with E-state index >= 15 is 0 Å². The molecule has 1 heterocycles. The Morgan fingerprint density at radius 3 is 2.59 bits per heavy atom. The lowest BCUT2D eigenvalue weighted by molar-refractivity contribution is -0.138. The van der Waals surface area contributed by atoms with E-state index < -0.39 is 17.8 Å². The van der Waals surface area contributed by atoms with Gasteiger partial charge in [-0.05, 0) is 18.6 Å². The highest BCUT2D eigenvalue weighted by Crippen LogP contribution is 2.39. The smallest absolute Gasteiger partial charge is 0.370 e. The lowest BCUT2D eigenvalue weighted by atomic mass is 9.89. The summed E-state index contributed by atoms with van der Waals surface area (Å²) < 4.78 is 39.6. The quantitative estimate of drug-likeness (QED) is 0.902. The van der Waals surface area contributed by atoms with Crippen LogP contribution in [0.4, 0.5) is 13.2 Å². The highest BCUT2D eigenvalue weighted by atomic mass is 19.4. The molecule has 0 fully saturated rings. The van der Waals surface area contributed by atoms with Crippen LogP contribution < -0.4 is 11.1 Å². The van der Waals surface area contributed by atoms with E-state index in [0.29, 0.717) is 5.70 Å². The van der Waals surface area contributed by atoms with Crippen molar-refractivity contribution in [1.29, 1.82) is 0 Å². The number of nitrogens with one attached hydrogen (secondary N) is 1. The van der Waals surface area contributed by atoms with Crippen LogP contribution in [-0.2, 0) is 11.0 Å². The van der Waals surface area contributed by atoms with Crippen LogP contribution in [0.25, 0.3) is 0 Å². The fourth-order valence-electron chi connectivity index (χ4n) is 2.47.